The average molecular weight is 1430 g/mol. The van der Waals surface area contributed by atoms with Crippen LogP contribution in [0.2, 0.25) is 0 Å². The van der Waals surface area contributed by atoms with Gasteiger partial charge < -0.3 is 0 Å². The molecule has 0 amide bonds. The molecule has 0 heterocycles. The zero-order valence-corrected chi connectivity index (χ0v) is 62.8. The van der Waals surface area contributed by atoms with Crippen LogP contribution in [0.4, 0.5) is 70.2 Å². The summed E-state index contributed by atoms with van der Waals surface area (Å²) in [7, 11) is 0. The fourth-order valence-corrected chi connectivity index (χ4v) is 11.4. The summed E-state index contributed by atoms with van der Waals surface area (Å²) in [4.78, 5) is 0. The van der Waals surface area contributed by atoms with Crippen molar-refractivity contribution in [2.45, 2.75) is 243 Å². The molecule has 0 aliphatic rings. The minimum Gasteiger partial charge on any atom is -0.206 e. The van der Waals surface area contributed by atoms with Gasteiger partial charge in [0.2, 0.25) is 0 Å². The molecule has 556 valence electrons. The van der Waals surface area contributed by atoms with Crippen LogP contribution in [0.25, 0.3) is 11.1 Å². The van der Waals surface area contributed by atoms with Crippen molar-refractivity contribution in [1.82, 2.24) is 0 Å². The van der Waals surface area contributed by atoms with Gasteiger partial charge in [0.1, 0.15) is 5.82 Å². The quantitative estimate of drug-likeness (QED) is 0.120. The second-order valence-corrected chi connectivity index (χ2v) is 28.2. The van der Waals surface area contributed by atoms with Gasteiger partial charge in [0.15, 0.2) is 0 Å². The minimum absolute atomic E-state index is 0.0202. The topological polar surface area (TPSA) is 0 Å². The predicted octanol–water partition coefficient (Wildman–Crippen LogP) is 30.4. The van der Waals surface area contributed by atoms with Gasteiger partial charge in [-0.1, -0.05) is 234 Å². The Labute approximate surface area is 591 Å². The molecule has 0 bridgehead atoms. The highest BCUT2D eigenvalue weighted by Gasteiger charge is 2.36. The Morgan fingerprint density at radius 1 is 0.238 bits per heavy atom. The minimum atomic E-state index is -4.61. The standard InChI is InChI=1S/C16H23F3.C15H16.3C11H13F3.C11H16.C10H10F4/c1-9(2)13-7-12(16(17,18)19)8-14(10(3)4)15(13)11(5)6;1-12(2)14-10-6-7-11-15(14)13-8-4-3-5-9-13;1-7(2)10-5-4-9(6-8(10)3)11(12,13)14;1-7(2)9-4-5-10(8(3)6-9)11(12,13)14;1-7(2)9-5-4-8(3)10(6-9)11(12,13)14;1-8(2)11-9(3)6-5-7-10(11)4;1-6(2)7-3-4-8(9(11)5-7)10(12,13)14/h7-11H,1-6H3;3-12H,1-2H3;3*4-7H,1-3H3;5-8H,1-4H3;3-6H,1-2H3. The maximum atomic E-state index is 13.0. The van der Waals surface area contributed by atoms with Crippen LogP contribution in [0, 0.1) is 40.4 Å². The van der Waals surface area contributed by atoms with Crippen molar-refractivity contribution >= 4 is 0 Å². The fraction of sp³-hybridized carbons (Fsp3) is 0.435. The number of alkyl halides is 15. The third kappa shape index (κ3) is 28.4. The van der Waals surface area contributed by atoms with Gasteiger partial charge in [0, 0.05) is 0 Å². The maximum absolute atomic E-state index is 13.0. The van der Waals surface area contributed by atoms with Gasteiger partial charge in [-0.15, -0.1) is 0 Å². The highest BCUT2D eigenvalue weighted by Crippen LogP contribution is 2.41. The second-order valence-electron chi connectivity index (χ2n) is 28.2. The van der Waals surface area contributed by atoms with Gasteiger partial charge >= 0.3 is 30.9 Å². The SMILES string of the molecule is CC(C)c1cc(C(F)(F)F)cc(C(C)C)c1C(C)C.CC(C)c1ccc(C(F)(F)F)c(F)c1.CC(C)c1ccccc1-c1ccccc1.Cc1cc(C(C)C)ccc1C(F)(F)F.Cc1cc(C(F)(F)F)ccc1C(C)C.Cc1ccc(C(C)C)cc1C(F)(F)F.Cc1cccc(C)c1C(C)C. The zero-order valence-electron chi connectivity index (χ0n) is 62.8. The molecule has 8 aromatic carbocycles. The van der Waals surface area contributed by atoms with E-state index in [-0.39, 0.29) is 47.0 Å². The Balaban J connectivity index is 0.000000402. The Kier molecular flexibility index (Phi) is 34.4. The molecular formula is C85H104F16. The number of hydrogen-bond donors (Lipinski definition) is 0. The van der Waals surface area contributed by atoms with E-state index in [2.05, 4.69) is 114 Å². The van der Waals surface area contributed by atoms with E-state index in [1.807, 2.05) is 83.1 Å². The normalized spacial score (nSPS) is 11.9. The zero-order chi connectivity index (χ0) is 77.8. The van der Waals surface area contributed by atoms with E-state index in [9.17, 15) is 70.2 Å². The third-order valence-corrected chi connectivity index (χ3v) is 16.8. The van der Waals surface area contributed by atoms with Crippen LogP contribution in [0.3, 0.4) is 0 Å². The van der Waals surface area contributed by atoms with Crippen LogP contribution in [-0.2, 0) is 30.9 Å². The molecule has 0 spiro atoms. The lowest BCUT2D eigenvalue weighted by Gasteiger charge is -2.24. The van der Waals surface area contributed by atoms with Gasteiger partial charge in [0.25, 0.3) is 0 Å². The summed E-state index contributed by atoms with van der Waals surface area (Å²) in [5.74, 6) is 1.10. The lowest BCUT2D eigenvalue weighted by atomic mass is 9.82. The van der Waals surface area contributed by atoms with Crippen molar-refractivity contribution in [3.63, 3.8) is 0 Å². The Bertz CT molecular complexity index is 3690. The molecule has 8 rings (SSSR count). The van der Waals surface area contributed by atoms with E-state index < -0.39 is 64.5 Å². The fourth-order valence-electron chi connectivity index (χ4n) is 11.4. The van der Waals surface area contributed by atoms with E-state index in [0.717, 1.165) is 57.6 Å². The summed E-state index contributed by atoms with van der Waals surface area (Å²) < 4.78 is 200. The highest BCUT2D eigenvalue weighted by molar-refractivity contribution is 5.68. The van der Waals surface area contributed by atoms with Crippen molar-refractivity contribution in [2.24, 2.45) is 0 Å². The summed E-state index contributed by atoms with van der Waals surface area (Å²) in [6, 6.07) is 44.1. The Hall–Kier alpha value is -7.36. The molecule has 0 atom stereocenters. The van der Waals surface area contributed by atoms with Crippen molar-refractivity contribution < 1.29 is 70.2 Å². The molecule has 0 N–H and O–H groups in total. The van der Waals surface area contributed by atoms with Crippen LogP contribution >= 0.6 is 0 Å². The molecule has 0 aromatic heterocycles. The molecule has 0 saturated carbocycles. The molecule has 0 fully saturated rings. The van der Waals surface area contributed by atoms with Crippen LogP contribution in [0.15, 0.2) is 158 Å². The summed E-state index contributed by atoms with van der Waals surface area (Å²) in [6.07, 6.45) is -21.6. The van der Waals surface area contributed by atoms with Gasteiger partial charge in [-0.05, 0) is 225 Å². The molecule has 101 heavy (non-hydrogen) atoms. The van der Waals surface area contributed by atoms with Crippen LogP contribution in [0.1, 0.15) is 284 Å². The van der Waals surface area contributed by atoms with Gasteiger partial charge in [-0.25, -0.2) is 4.39 Å². The first-order valence-corrected chi connectivity index (χ1v) is 34.1. The summed E-state index contributed by atoms with van der Waals surface area (Å²) in [5, 5.41) is 0. The lowest BCUT2D eigenvalue weighted by molar-refractivity contribution is -0.140. The molecular weight excluding hydrogens is 1320 g/mol. The number of rotatable bonds is 10. The lowest BCUT2D eigenvalue weighted by Crippen LogP contribution is -2.12. The molecule has 0 aliphatic heterocycles. The number of aryl methyl sites for hydroxylation is 5. The van der Waals surface area contributed by atoms with Gasteiger partial charge in [-0.3, -0.25) is 0 Å². The Morgan fingerprint density at radius 2 is 0.634 bits per heavy atom. The molecule has 0 nitrogen and oxygen atoms in total. The largest absolute Gasteiger partial charge is 0.419 e. The van der Waals surface area contributed by atoms with Crippen molar-refractivity contribution in [3.8, 4) is 11.1 Å². The Morgan fingerprint density at radius 3 is 1.00 bits per heavy atom. The van der Waals surface area contributed by atoms with Gasteiger partial charge in [-0.2, -0.15) is 65.9 Å². The van der Waals surface area contributed by atoms with Crippen LogP contribution < -0.4 is 0 Å². The summed E-state index contributed by atoms with van der Waals surface area (Å²) in [6.45, 7) is 45.1. The van der Waals surface area contributed by atoms with Crippen molar-refractivity contribution in [3.05, 3.63) is 269 Å². The molecule has 0 radical (unpaired) electrons. The molecule has 8 aromatic rings. The number of benzene rings is 8. The van der Waals surface area contributed by atoms with Crippen molar-refractivity contribution in [1.29, 1.82) is 0 Å². The van der Waals surface area contributed by atoms with Crippen LogP contribution in [-0.4, -0.2) is 0 Å². The molecule has 0 saturated heterocycles. The first-order valence-electron chi connectivity index (χ1n) is 34.1. The molecule has 0 aliphatic carbocycles. The van der Waals surface area contributed by atoms with Gasteiger partial charge in [0.05, 0.1) is 27.8 Å². The van der Waals surface area contributed by atoms with E-state index in [0.29, 0.717) is 28.5 Å². The third-order valence-electron chi connectivity index (χ3n) is 16.8. The average Bonchev–Trinajstić information content (AvgIpc) is 0.786. The monoisotopic (exact) mass is 1430 g/mol. The van der Waals surface area contributed by atoms with E-state index in [1.54, 1.807) is 45.0 Å². The summed E-state index contributed by atoms with van der Waals surface area (Å²) >= 11 is 0. The molecule has 0 unspecified atom stereocenters. The van der Waals surface area contributed by atoms with E-state index in [1.165, 1.54) is 83.6 Å². The second kappa shape index (κ2) is 38.8. The predicted molar refractivity (Wildman–Crippen MR) is 386 cm³/mol. The maximum Gasteiger partial charge on any atom is 0.419 e. The first kappa shape index (κ1) is 89.7. The van der Waals surface area contributed by atoms with E-state index in [4.69, 9.17) is 0 Å². The first-order chi connectivity index (χ1) is 46.2. The smallest absolute Gasteiger partial charge is 0.206 e. The summed E-state index contributed by atoms with van der Waals surface area (Å²) in [5.41, 5.74) is 12.3. The highest BCUT2D eigenvalue weighted by atomic mass is 19.4. The molecule has 16 heteroatoms. The van der Waals surface area contributed by atoms with Crippen LogP contribution in [0.5, 0.6) is 0 Å². The number of hydrogen-bond acceptors (Lipinski definition) is 0. The van der Waals surface area contributed by atoms with E-state index >= 15 is 0 Å². The van der Waals surface area contributed by atoms with Crippen molar-refractivity contribution in [2.75, 3.05) is 0 Å². The number of halogens is 16.